The van der Waals surface area contributed by atoms with Crippen LogP contribution in [0, 0.1) is 11.8 Å². The van der Waals surface area contributed by atoms with Crippen molar-refractivity contribution in [3.8, 4) is 5.75 Å². The minimum atomic E-state index is -2.36. The Morgan fingerprint density at radius 3 is 2.75 bits per heavy atom. The third kappa shape index (κ3) is 5.92. The molecule has 8 heteroatoms. The minimum absolute atomic E-state index is 0.0221. The molecular weight excluding hydrogens is 425 g/mol. The van der Waals surface area contributed by atoms with Crippen LogP contribution in [0.4, 0.5) is 13.2 Å². The van der Waals surface area contributed by atoms with Gasteiger partial charge >= 0.3 is 12.0 Å². The summed E-state index contributed by atoms with van der Waals surface area (Å²) >= 11 is 0. The lowest BCUT2D eigenvalue weighted by Crippen LogP contribution is -2.27. The molecule has 0 unspecified atom stereocenters. The van der Waals surface area contributed by atoms with Gasteiger partial charge < -0.3 is 20.1 Å². The highest BCUT2D eigenvalue weighted by Gasteiger charge is 2.43. The van der Waals surface area contributed by atoms with Gasteiger partial charge in [-0.15, -0.1) is 0 Å². The van der Waals surface area contributed by atoms with Gasteiger partial charge in [0, 0.05) is 24.7 Å². The van der Waals surface area contributed by atoms with Gasteiger partial charge in [-0.1, -0.05) is 18.2 Å². The lowest BCUT2D eigenvalue weighted by Gasteiger charge is -2.28. The van der Waals surface area contributed by atoms with Crippen LogP contribution in [0.5, 0.6) is 5.75 Å². The van der Waals surface area contributed by atoms with Crippen LogP contribution in [-0.4, -0.2) is 39.1 Å². The number of hydrogen-bond donors (Lipinski definition) is 3. The fourth-order valence-electron chi connectivity index (χ4n) is 4.64. The van der Waals surface area contributed by atoms with Gasteiger partial charge in [-0.05, 0) is 56.7 Å². The van der Waals surface area contributed by atoms with E-state index in [0.717, 1.165) is 24.8 Å². The normalized spacial score (nSPS) is 26.9. The summed E-state index contributed by atoms with van der Waals surface area (Å²) < 4.78 is 43.6. The molecule has 0 aromatic heterocycles. The van der Waals surface area contributed by atoms with Crippen molar-refractivity contribution >= 4 is 5.97 Å². The van der Waals surface area contributed by atoms with Crippen molar-refractivity contribution in [3.63, 3.8) is 0 Å². The third-order valence-corrected chi connectivity index (χ3v) is 6.47. The van der Waals surface area contributed by atoms with E-state index in [-0.39, 0.29) is 36.3 Å². The Hall–Kier alpha value is -2.32. The summed E-state index contributed by atoms with van der Waals surface area (Å²) in [4.78, 5) is 11.3. The average Bonchev–Trinajstić information content (AvgIpc) is 2.99. The molecule has 0 amide bonds. The van der Waals surface area contributed by atoms with Gasteiger partial charge in [-0.3, -0.25) is 0 Å². The number of fused-ring (bicyclic) bond motifs is 2. The molecule has 1 fully saturated rings. The Kier molecular flexibility index (Phi) is 7.67. The fourth-order valence-corrected chi connectivity index (χ4v) is 4.64. The number of aliphatic hydroxyl groups is 2. The van der Waals surface area contributed by atoms with Crippen LogP contribution >= 0.6 is 0 Å². The van der Waals surface area contributed by atoms with Crippen molar-refractivity contribution in [1.82, 2.24) is 0 Å². The molecule has 1 heterocycles. The Bertz CT molecular complexity index is 892. The lowest BCUT2D eigenvalue weighted by atomic mass is 9.86. The van der Waals surface area contributed by atoms with Crippen LogP contribution in [0.15, 0.2) is 42.3 Å². The monoisotopic (exact) mass is 454 g/mol. The van der Waals surface area contributed by atoms with Gasteiger partial charge in [-0.25, -0.2) is 9.18 Å². The summed E-state index contributed by atoms with van der Waals surface area (Å²) in [5, 5.41) is 30.2. The fraction of sp³-hybridized carbons (Fsp3) is 0.542. The number of rotatable bonds is 7. The Morgan fingerprint density at radius 1 is 1.31 bits per heavy atom. The molecule has 0 bridgehead atoms. The maximum absolute atomic E-state index is 13.0. The second-order valence-electron chi connectivity index (χ2n) is 9.01. The number of aromatic carboxylic acids is 1. The van der Waals surface area contributed by atoms with Crippen LogP contribution in [-0.2, 0) is 6.42 Å². The number of benzene rings is 1. The van der Waals surface area contributed by atoms with Crippen molar-refractivity contribution in [3.05, 3.63) is 53.4 Å². The summed E-state index contributed by atoms with van der Waals surface area (Å²) in [6.07, 6.45) is 2.52. The van der Waals surface area contributed by atoms with E-state index in [0.29, 0.717) is 12.2 Å². The lowest BCUT2D eigenvalue weighted by molar-refractivity contribution is 0.0519. The van der Waals surface area contributed by atoms with Crippen molar-refractivity contribution in [1.29, 1.82) is 0 Å². The average molecular weight is 454 g/mol. The second-order valence-corrected chi connectivity index (χ2v) is 9.01. The molecule has 0 radical (unpaired) electrons. The number of hydrogen-bond acceptors (Lipinski definition) is 4. The molecular formula is C24H29F3O5. The molecule has 1 aliphatic carbocycles. The zero-order valence-corrected chi connectivity index (χ0v) is 17.9. The van der Waals surface area contributed by atoms with Crippen LogP contribution in [0.3, 0.4) is 0 Å². The van der Waals surface area contributed by atoms with E-state index >= 15 is 0 Å². The van der Waals surface area contributed by atoms with E-state index in [1.54, 1.807) is 18.2 Å². The van der Waals surface area contributed by atoms with Crippen molar-refractivity contribution in [2.24, 2.45) is 11.8 Å². The Balaban J connectivity index is 1.67. The molecule has 0 spiro atoms. The maximum Gasteiger partial charge on any atom is 0.335 e. The number of allylic oxidation sites excluding steroid dienone is 1. The zero-order chi connectivity index (χ0) is 23.5. The van der Waals surface area contributed by atoms with Crippen LogP contribution in [0.1, 0.15) is 61.4 Å². The predicted molar refractivity (Wildman–Crippen MR) is 112 cm³/mol. The molecule has 0 saturated heterocycles. The highest BCUT2D eigenvalue weighted by Crippen LogP contribution is 2.42. The molecule has 2 aliphatic rings. The van der Waals surface area contributed by atoms with Crippen molar-refractivity contribution < 1.29 is 38.0 Å². The number of aliphatic hydroxyl groups excluding tert-OH is 1. The van der Waals surface area contributed by atoms with E-state index in [4.69, 9.17) is 4.74 Å². The topological polar surface area (TPSA) is 87.0 Å². The van der Waals surface area contributed by atoms with E-state index < -0.39 is 36.0 Å². The number of ether oxygens (including phenoxy) is 1. The summed E-state index contributed by atoms with van der Waals surface area (Å²) in [7, 11) is 0. The summed E-state index contributed by atoms with van der Waals surface area (Å²) in [5.41, 5.74) is -0.253. The van der Waals surface area contributed by atoms with E-state index in [1.165, 1.54) is 13.0 Å². The first kappa shape index (κ1) is 24.3. The Morgan fingerprint density at radius 2 is 2.06 bits per heavy atom. The number of carboxylic acid groups (broad SMARTS) is 1. The summed E-state index contributed by atoms with van der Waals surface area (Å²) in [5.74, 6) is -2.19. The van der Waals surface area contributed by atoms with Crippen molar-refractivity contribution in [2.75, 3.05) is 0 Å². The van der Waals surface area contributed by atoms with Gasteiger partial charge in [0.15, 0.2) is 5.83 Å². The largest absolute Gasteiger partial charge is 0.490 e. The van der Waals surface area contributed by atoms with Gasteiger partial charge in [-0.2, -0.15) is 8.78 Å². The third-order valence-electron chi connectivity index (χ3n) is 6.47. The van der Waals surface area contributed by atoms with Gasteiger partial charge in [0.05, 0.1) is 17.3 Å². The quantitative estimate of drug-likeness (QED) is 0.504. The van der Waals surface area contributed by atoms with Crippen LogP contribution in [0.25, 0.3) is 0 Å². The second kappa shape index (κ2) is 10.1. The summed E-state index contributed by atoms with van der Waals surface area (Å²) in [6.45, 7) is 1.46. The van der Waals surface area contributed by atoms with Crippen LogP contribution < -0.4 is 4.74 Å². The zero-order valence-electron chi connectivity index (χ0n) is 17.9. The number of carboxylic acids is 1. The van der Waals surface area contributed by atoms with Gasteiger partial charge in [0.2, 0.25) is 0 Å². The SMILES string of the molecule is C[C@@](O)(C/C=C/[C@@H]1[C@H]2CCCc3ccc(C(=O)O)cc3O[C@H]2C[C@H]1O)CCC(F)=C(F)F. The predicted octanol–water partition coefficient (Wildman–Crippen LogP) is 5.02. The number of aryl methyl sites for hydroxylation is 1. The van der Waals surface area contributed by atoms with Crippen LogP contribution in [0.2, 0.25) is 0 Å². The molecule has 1 aromatic rings. The van der Waals surface area contributed by atoms with E-state index in [9.17, 15) is 33.3 Å². The smallest absolute Gasteiger partial charge is 0.335 e. The molecule has 1 aliphatic heterocycles. The number of halogens is 3. The van der Waals surface area contributed by atoms with E-state index in [2.05, 4.69) is 0 Å². The highest BCUT2D eigenvalue weighted by molar-refractivity contribution is 5.88. The molecule has 3 rings (SSSR count). The first-order valence-electron chi connectivity index (χ1n) is 10.9. The molecule has 1 saturated carbocycles. The van der Waals surface area contributed by atoms with Gasteiger partial charge in [0.25, 0.3) is 0 Å². The minimum Gasteiger partial charge on any atom is -0.490 e. The molecule has 5 atom stereocenters. The molecule has 3 N–H and O–H groups in total. The molecule has 32 heavy (non-hydrogen) atoms. The van der Waals surface area contributed by atoms with Crippen molar-refractivity contribution in [2.45, 2.75) is 69.7 Å². The maximum atomic E-state index is 13.0. The standard InChI is InChI=1S/C24H29F3O5/c1-24(31,11-9-18(25)22(26)27)10-3-6-16-17-5-2-4-14-7-8-15(23(29)30)12-20(14)32-21(17)13-19(16)28/h3,6-8,12,16-17,19,21,28,31H,2,4-5,9-11,13H2,1H3,(H,29,30)/b6-3+/t16-,17-,19-,21+,24-/m1/s1. The number of carbonyl (C=O) groups is 1. The summed E-state index contributed by atoms with van der Waals surface area (Å²) in [6, 6.07) is 4.87. The molecule has 1 aromatic carbocycles. The molecule has 176 valence electrons. The van der Waals surface area contributed by atoms with E-state index in [1.807, 2.05) is 6.08 Å². The molecule has 5 nitrogen and oxygen atoms in total. The van der Waals surface area contributed by atoms with Gasteiger partial charge in [0.1, 0.15) is 11.9 Å². The first-order valence-corrected chi connectivity index (χ1v) is 10.9. The first-order chi connectivity index (χ1) is 15.1. The highest BCUT2D eigenvalue weighted by atomic mass is 19.3. The Labute approximate surface area is 185 Å².